The zero-order valence-electron chi connectivity index (χ0n) is 9.38. The summed E-state index contributed by atoms with van der Waals surface area (Å²) in [5, 5.41) is 9.68. The fourth-order valence-electron chi connectivity index (χ4n) is 1.28. The van der Waals surface area contributed by atoms with Gasteiger partial charge in [-0.05, 0) is 18.2 Å². The number of hydrogen-bond donors (Lipinski definition) is 2. The van der Waals surface area contributed by atoms with E-state index in [-0.39, 0.29) is 18.0 Å². The van der Waals surface area contributed by atoms with Crippen molar-refractivity contribution < 1.29 is 13.5 Å². The van der Waals surface area contributed by atoms with E-state index in [4.69, 9.17) is 17.3 Å². The third kappa shape index (κ3) is 3.65. The third-order valence-corrected chi connectivity index (χ3v) is 4.30. The third-order valence-electron chi connectivity index (χ3n) is 2.24. The Kier molecular flexibility index (Phi) is 4.91. The second-order valence-corrected chi connectivity index (χ2v) is 6.11. The molecule has 0 aliphatic heterocycles. The van der Waals surface area contributed by atoms with E-state index >= 15 is 0 Å². The number of benzene rings is 1. The first kappa shape index (κ1) is 14.4. The van der Waals surface area contributed by atoms with Crippen LogP contribution in [0.25, 0.3) is 0 Å². The quantitative estimate of drug-likeness (QED) is 0.810. The monoisotopic (exact) mass is 278 g/mol. The van der Waals surface area contributed by atoms with E-state index in [1.165, 1.54) is 19.2 Å². The smallest absolute Gasteiger partial charge is 0.242 e. The number of hydrogen-bond acceptors (Lipinski definition) is 4. The van der Waals surface area contributed by atoms with Crippen LogP contribution in [0.1, 0.15) is 0 Å². The summed E-state index contributed by atoms with van der Waals surface area (Å²) in [6.07, 6.45) is -0.881. The lowest BCUT2D eigenvalue weighted by molar-refractivity contribution is 0.160. The Labute approximate surface area is 106 Å². The van der Waals surface area contributed by atoms with E-state index < -0.39 is 16.1 Å². The first-order chi connectivity index (χ1) is 7.87. The lowest BCUT2D eigenvalue weighted by Crippen LogP contribution is -2.37. The van der Waals surface area contributed by atoms with Crippen LogP contribution >= 0.6 is 11.6 Å². The molecule has 1 atom stereocenters. The summed E-state index contributed by atoms with van der Waals surface area (Å²) in [6, 6.07) is 5.96. The molecule has 0 aliphatic carbocycles. The summed E-state index contributed by atoms with van der Waals surface area (Å²) < 4.78 is 25.2. The predicted molar refractivity (Wildman–Crippen MR) is 66.3 cm³/mol. The van der Waals surface area contributed by atoms with Gasteiger partial charge in [0.05, 0.1) is 11.0 Å². The molecule has 0 heterocycles. The minimum atomic E-state index is -3.63. The van der Waals surface area contributed by atoms with Crippen LogP contribution in [0, 0.1) is 0 Å². The molecule has 0 saturated heterocycles. The first-order valence-electron chi connectivity index (χ1n) is 4.98. The van der Waals surface area contributed by atoms with Crippen LogP contribution < -0.4 is 5.73 Å². The van der Waals surface area contributed by atoms with Gasteiger partial charge in [0, 0.05) is 25.2 Å². The zero-order chi connectivity index (χ0) is 13.1. The van der Waals surface area contributed by atoms with Gasteiger partial charge in [0.1, 0.15) is 0 Å². The maximum atomic E-state index is 12.1. The van der Waals surface area contributed by atoms with Crippen LogP contribution in [0.4, 0.5) is 0 Å². The fourth-order valence-corrected chi connectivity index (χ4v) is 2.79. The molecule has 96 valence electrons. The highest BCUT2D eigenvalue weighted by molar-refractivity contribution is 7.89. The van der Waals surface area contributed by atoms with Crippen molar-refractivity contribution in [3.05, 3.63) is 29.3 Å². The van der Waals surface area contributed by atoms with E-state index in [0.717, 1.165) is 4.31 Å². The highest BCUT2D eigenvalue weighted by Gasteiger charge is 2.22. The van der Waals surface area contributed by atoms with Crippen molar-refractivity contribution in [2.75, 3.05) is 20.1 Å². The molecule has 0 amide bonds. The van der Waals surface area contributed by atoms with E-state index in [2.05, 4.69) is 0 Å². The molecule has 0 aliphatic rings. The molecule has 17 heavy (non-hydrogen) atoms. The van der Waals surface area contributed by atoms with Crippen LogP contribution in [0.3, 0.4) is 0 Å². The molecule has 3 N–H and O–H groups in total. The summed E-state index contributed by atoms with van der Waals surface area (Å²) >= 11 is 5.74. The Morgan fingerprint density at radius 3 is 2.71 bits per heavy atom. The van der Waals surface area contributed by atoms with Gasteiger partial charge in [-0.2, -0.15) is 4.31 Å². The summed E-state index contributed by atoms with van der Waals surface area (Å²) in [6.45, 7) is -0.0409. The van der Waals surface area contributed by atoms with Crippen LogP contribution in [0.2, 0.25) is 5.02 Å². The number of likely N-dealkylation sites (N-methyl/N-ethyl adjacent to an activating group) is 1. The van der Waals surface area contributed by atoms with E-state index in [9.17, 15) is 13.5 Å². The lowest BCUT2D eigenvalue weighted by atomic mass is 10.4. The van der Waals surface area contributed by atoms with Crippen molar-refractivity contribution >= 4 is 21.6 Å². The number of halogens is 1. The minimum absolute atomic E-state index is 0.00933. The fraction of sp³-hybridized carbons (Fsp3) is 0.400. The normalized spacial score (nSPS) is 13.9. The molecular weight excluding hydrogens is 264 g/mol. The Morgan fingerprint density at radius 1 is 1.53 bits per heavy atom. The van der Waals surface area contributed by atoms with E-state index in [1.807, 2.05) is 0 Å². The Morgan fingerprint density at radius 2 is 2.18 bits per heavy atom. The Hall–Kier alpha value is -0.660. The van der Waals surface area contributed by atoms with Gasteiger partial charge in [-0.25, -0.2) is 8.42 Å². The van der Waals surface area contributed by atoms with Crippen molar-refractivity contribution in [1.82, 2.24) is 4.31 Å². The van der Waals surface area contributed by atoms with Gasteiger partial charge in [-0.15, -0.1) is 0 Å². The van der Waals surface area contributed by atoms with E-state index in [1.54, 1.807) is 12.1 Å². The van der Waals surface area contributed by atoms with Crippen molar-refractivity contribution in [2.45, 2.75) is 11.0 Å². The van der Waals surface area contributed by atoms with Crippen molar-refractivity contribution in [1.29, 1.82) is 0 Å². The van der Waals surface area contributed by atoms with Gasteiger partial charge < -0.3 is 10.8 Å². The second kappa shape index (κ2) is 5.79. The van der Waals surface area contributed by atoms with Crippen molar-refractivity contribution in [3.63, 3.8) is 0 Å². The van der Waals surface area contributed by atoms with Crippen LogP contribution in [-0.2, 0) is 10.0 Å². The number of nitrogens with two attached hydrogens (primary N) is 1. The van der Waals surface area contributed by atoms with Crippen LogP contribution in [-0.4, -0.2) is 44.1 Å². The summed E-state index contributed by atoms with van der Waals surface area (Å²) in [5.74, 6) is 0. The number of rotatable bonds is 5. The first-order valence-corrected chi connectivity index (χ1v) is 6.79. The van der Waals surface area contributed by atoms with Gasteiger partial charge in [0.15, 0.2) is 0 Å². The molecule has 1 rings (SSSR count). The number of nitrogens with zero attached hydrogens (tertiary/aromatic N) is 1. The number of sulfonamides is 1. The van der Waals surface area contributed by atoms with Crippen LogP contribution in [0.5, 0.6) is 0 Å². The molecule has 0 spiro atoms. The van der Waals surface area contributed by atoms with E-state index in [0.29, 0.717) is 5.02 Å². The molecule has 1 aromatic carbocycles. The number of aliphatic hydroxyl groups excluding tert-OH is 1. The van der Waals surface area contributed by atoms with Crippen molar-refractivity contribution in [3.8, 4) is 0 Å². The SMILES string of the molecule is CN(C[C@H](O)CN)S(=O)(=O)c1cccc(Cl)c1. The zero-order valence-corrected chi connectivity index (χ0v) is 10.9. The molecule has 0 saturated carbocycles. The Balaban J connectivity index is 2.95. The molecule has 0 fully saturated rings. The average molecular weight is 279 g/mol. The highest BCUT2D eigenvalue weighted by atomic mass is 35.5. The molecule has 0 aromatic heterocycles. The molecule has 0 unspecified atom stereocenters. The highest BCUT2D eigenvalue weighted by Crippen LogP contribution is 2.18. The maximum absolute atomic E-state index is 12.1. The summed E-state index contributed by atoms with van der Waals surface area (Å²) in [5.41, 5.74) is 5.23. The minimum Gasteiger partial charge on any atom is -0.390 e. The molecule has 5 nitrogen and oxygen atoms in total. The molecule has 7 heteroatoms. The summed E-state index contributed by atoms with van der Waals surface area (Å²) in [7, 11) is -2.25. The van der Waals surface area contributed by atoms with Gasteiger partial charge in [0.2, 0.25) is 10.0 Å². The lowest BCUT2D eigenvalue weighted by Gasteiger charge is -2.19. The van der Waals surface area contributed by atoms with Gasteiger partial charge in [-0.1, -0.05) is 17.7 Å². The topological polar surface area (TPSA) is 83.6 Å². The van der Waals surface area contributed by atoms with Gasteiger partial charge in [-0.3, -0.25) is 0 Å². The van der Waals surface area contributed by atoms with Gasteiger partial charge in [0.25, 0.3) is 0 Å². The van der Waals surface area contributed by atoms with Gasteiger partial charge >= 0.3 is 0 Å². The molecule has 0 radical (unpaired) electrons. The molecular formula is C10H15ClN2O3S. The number of aliphatic hydroxyl groups is 1. The average Bonchev–Trinajstić information content (AvgIpc) is 2.28. The Bertz CT molecular complexity index is 478. The molecule has 1 aromatic rings. The second-order valence-electron chi connectivity index (χ2n) is 3.63. The van der Waals surface area contributed by atoms with Crippen molar-refractivity contribution in [2.24, 2.45) is 5.73 Å². The molecule has 0 bridgehead atoms. The largest absolute Gasteiger partial charge is 0.390 e. The van der Waals surface area contributed by atoms with Crippen LogP contribution in [0.15, 0.2) is 29.2 Å². The maximum Gasteiger partial charge on any atom is 0.242 e. The summed E-state index contributed by atoms with van der Waals surface area (Å²) in [4.78, 5) is 0.0942. The standard InChI is InChI=1S/C10H15ClN2O3S/c1-13(7-9(14)6-12)17(15,16)10-4-2-3-8(11)5-10/h2-5,9,14H,6-7,12H2,1H3/t9-/m1/s1. The predicted octanol–water partition coefficient (Wildman–Crippen LogP) is 0.280.